The van der Waals surface area contributed by atoms with E-state index in [0.717, 1.165) is 23.5 Å². The molecule has 1 atom stereocenters. The molecule has 114 valence electrons. The number of thiazole rings is 1. The standard InChI is InChI=1S/C16H23N3OS/c1-4-7-14(19-8-5-6-9-19)15(20)17-10-13-11-21-16(18-13)12(2)3/h5-6,8-9,11-12,14H,4,7,10H2,1-3H3,(H,17,20)/t14-/m0/s1. The second kappa shape index (κ2) is 7.41. The van der Waals surface area contributed by atoms with Gasteiger partial charge in [-0.1, -0.05) is 27.2 Å². The highest BCUT2D eigenvalue weighted by Gasteiger charge is 2.18. The smallest absolute Gasteiger partial charge is 0.243 e. The van der Waals surface area contributed by atoms with Crippen LogP contribution in [0.4, 0.5) is 0 Å². The number of hydrogen-bond acceptors (Lipinski definition) is 3. The fourth-order valence-corrected chi connectivity index (χ4v) is 3.04. The largest absolute Gasteiger partial charge is 0.349 e. The molecular weight excluding hydrogens is 282 g/mol. The maximum absolute atomic E-state index is 12.4. The number of aromatic nitrogens is 2. The monoisotopic (exact) mass is 305 g/mol. The summed E-state index contributed by atoms with van der Waals surface area (Å²) < 4.78 is 1.97. The molecule has 21 heavy (non-hydrogen) atoms. The Morgan fingerprint density at radius 1 is 1.38 bits per heavy atom. The summed E-state index contributed by atoms with van der Waals surface area (Å²) in [6, 6.07) is 3.77. The van der Waals surface area contributed by atoms with E-state index in [1.165, 1.54) is 0 Å². The molecule has 0 saturated carbocycles. The summed E-state index contributed by atoms with van der Waals surface area (Å²) in [5.41, 5.74) is 0.944. The van der Waals surface area contributed by atoms with Crippen molar-refractivity contribution >= 4 is 17.2 Å². The fourth-order valence-electron chi connectivity index (χ4n) is 2.21. The molecule has 5 heteroatoms. The Morgan fingerprint density at radius 3 is 2.67 bits per heavy atom. The third-order valence-corrected chi connectivity index (χ3v) is 4.55. The topological polar surface area (TPSA) is 46.9 Å². The van der Waals surface area contributed by atoms with Gasteiger partial charge in [-0.2, -0.15) is 0 Å². The van der Waals surface area contributed by atoms with Gasteiger partial charge in [0.05, 0.1) is 17.2 Å². The molecule has 2 heterocycles. The molecule has 2 aromatic heterocycles. The first-order valence-electron chi connectivity index (χ1n) is 7.46. The number of nitrogens with zero attached hydrogens (tertiary/aromatic N) is 2. The Hall–Kier alpha value is -1.62. The Balaban J connectivity index is 1.95. The van der Waals surface area contributed by atoms with E-state index in [2.05, 4.69) is 31.1 Å². The van der Waals surface area contributed by atoms with Gasteiger partial charge in [-0.25, -0.2) is 4.98 Å². The number of carbonyl (C=O) groups excluding carboxylic acids is 1. The zero-order valence-corrected chi connectivity index (χ0v) is 13.7. The summed E-state index contributed by atoms with van der Waals surface area (Å²) in [4.78, 5) is 16.9. The Bertz CT molecular complexity index is 560. The molecular formula is C16H23N3OS. The Labute approximate surface area is 130 Å². The van der Waals surface area contributed by atoms with Crippen molar-refractivity contribution in [3.8, 4) is 0 Å². The van der Waals surface area contributed by atoms with Crippen molar-refractivity contribution < 1.29 is 4.79 Å². The lowest BCUT2D eigenvalue weighted by Crippen LogP contribution is -2.31. The summed E-state index contributed by atoms with van der Waals surface area (Å²) in [5, 5.41) is 6.16. The van der Waals surface area contributed by atoms with Crippen LogP contribution in [-0.4, -0.2) is 15.5 Å². The van der Waals surface area contributed by atoms with Gasteiger partial charge in [0.2, 0.25) is 5.91 Å². The third kappa shape index (κ3) is 4.17. The van der Waals surface area contributed by atoms with Gasteiger partial charge in [0.25, 0.3) is 0 Å². The van der Waals surface area contributed by atoms with Gasteiger partial charge in [0.1, 0.15) is 6.04 Å². The van der Waals surface area contributed by atoms with Crippen LogP contribution in [0.25, 0.3) is 0 Å². The highest BCUT2D eigenvalue weighted by atomic mass is 32.1. The molecule has 0 bridgehead atoms. The average Bonchev–Trinajstić information content (AvgIpc) is 3.13. The van der Waals surface area contributed by atoms with Crippen molar-refractivity contribution in [1.82, 2.24) is 14.9 Å². The molecule has 2 rings (SSSR count). The molecule has 0 spiro atoms. The number of amides is 1. The minimum atomic E-state index is -0.131. The molecule has 1 N–H and O–H groups in total. The zero-order chi connectivity index (χ0) is 15.2. The highest BCUT2D eigenvalue weighted by Crippen LogP contribution is 2.19. The number of nitrogens with one attached hydrogen (secondary N) is 1. The lowest BCUT2D eigenvalue weighted by Gasteiger charge is -2.17. The van der Waals surface area contributed by atoms with Gasteiger partial charge in [0, 0.05) is 23.7 Å². The van der Waals surface area contributed by atoms with E-state index < -0.39 is 0 Å². The SMILES string of the molecule is CCC[C@@H](C(=O)NCc1csc(C(C)C)n1)n1cccc1. The first kappa shape index (κ1) is 15.8. The first-order chi connectivity index (χ1) is 10.1. The second-order valence-electron chi connectivity index (χ2n) is 5.48. The maximum atomic E-state index is 12.4. The van der Waals surface area contributed by atoms with Crippen LogP contribution < -0.4 is 5.32 Å². The molecule has 0 aliphatic carbocycles. The van der Waals surface area contributed by atoms with Crippen molar-refractivity contribution in [2.45, 2.75) is 52.1 Å². The summed E-state index contributed by atoms with van der Waals surface area (Å²) >= 11 is 1.66. The van der Waals surface area contributed by atoms with Crippen molar-refractivity contribution in [1.29, 1.82) is 0 Å². The molecule has 0 aromatic carbocycles. The van der Waals surface area contributed by atoms with Gasteiger partial charge in [-0.15, -0.1) is 11.3 Å². The van der Waals surface area contributed by atoms with E-state index in [1.807, 2.05) is 34.5 Å². The van der Waals surface area contributed by atoms with Crippen LogP contribution in [0, 0.1) is 0 Å². The molecule has 0 aliphatic rings. The average molecular weight is 305 g/mol. The number of carbonyl (C=O) groups is 1. The molecule has 2 aromatic rings. The Morgan fingerprint density at radius 2 is 2.10 bits per heavy atom. The van der Waals surface area contributed by atoms with Gasteiger partial charge < -0.3 is 9.88 Å². The maximum Gasteiger partial charge on any atom is 0.243 e. The number of rotatable bonds is 7. The van der Waals surface area contributed by atoms with Crippen LogP contribution >= 0.6 is 11.3 Å². The van der Waals surface area contributed by atoms with Crippen LogP contribution in [-0.2, 0) is 11.3 Å². The Kier molecular flexibility index (Phi) is 5.56. The normalized spacial score (nSPS) is 12.6. The van der Waals surface area contributed by atoms with Crippen molar-refractivity contribution in [2.24, 2.45) is 0 Å². The van der Waals surface area contributed by atoms with E-state index in [9.17, 15) is 4.79 Å². The van der Waals surface area contributed by atoms with E-state index in [1.54, 1.807) is 11.3 Å². The number of hydrogen-bond donors (Lipinski definition) is 1. The summed E-state index contributed by atoms with van der Waals surface area (Å²) in [5.74, 6) is 0.499. The lowest BCUT2D eigenvalue weighted by molar-refractivity contribution is -0.124. The molecule has 0 unspecified atom stereocenters. The molecule has 0 fully saturated rings. The second-order valence-corrected chi connectivity index (χ2v) is 6.37. The van der Waals surface area contributed by atoms with Crippen molar-refractivity contribution in [2.75, 3.05) is 0 Å². The predicted molar refractivity (Wildman–Crippen MR) is 86.4 cm³/mol. The van der Waals surface area contributed by atoms with Gasteiger partial charge in [-0.05, 0) is 18.6 Å². The highest BCUT2D eigenvalue weighted by molar-refractivity contribution is 7.09. The molecule has 0 radical (unpaired) electrons. The van der Waals surface area contributed by atoms with Crippen molar-refractivity contribution in [3.63, 3.8) is 0 Å². The molecule has 4 nitrogen and oxygen atoms in total. The van der Waals surface area contributed by atoms with Gasteiger partial charge in [0.15, 0.2) is 0 Å². The van der Waals surface area contributed by atoms with Crippen LogP contribution in [0.15, 0.2) is 29.9 Å². The fraction of sp³-hybridized carbons (Fsp3) is 0.500. The molecule has 0 aliphatic heterocycles. The van der Waals surface area contributed by atoms with Crippen LogP contribution in [0.2, 0.25) is 0 Å². The first-order valence-corrected chi connectivity index (χ1v) is 8.34. The van der Waals surface area contributed by atoms with Gasteiger partial charge in [-0.3, -0.25) is 4.79 Å². The van der Waals surface area contributed by atoms with Crippen LogP contribution in [0.1, 0.15) is 56.3 Å². The lowest BCUT2D eigenvalue weighted by atomic mass is 10.1. The van der Waals surface area contributed by atoms with Crippen LogP contribution in [0.3, 0.4) is 0 Å². The van der Waals surface area contributed by atoms with Gasteiger partial charge >= 0.3 is 0 Å². The van der Waals surface area contributed by atoms with E-state index in [-0.39, 0.29) is 11.9 Å². The summed E-state index contributed by atoms with van der Waals surface area (Å²) in [6.07, 6.45) is 5.71. The quantitative estimate of drug-likeness (QED) is 0.847. The summed E-state index contributed by atoms with van der Waals surface area (Å²) in [7, 11) is 0. The minimum absolute atomic E-state index is 0.0622. The summed E-state index contributed by atoms with van der Waals surface area (Å²) in [6.45, 7) is 6.86. The zero-order valence-electron chi connectivity index (χ0n) is 12.9. The van der Waals surface area contributed by atoms with E-state index >= 15 is 0 Å². The van der Waals surface area contributed by atoms with Crippen molar-refractivity contribution in [3.05, 3.63) is 40.6 Å². The van der Waals surface area contributed by atoms with E-state index in [4.69, 9.17) is 0 Å². The molecule has 1 amide bonds. The predicted octanol–water partition coefficient (Wildman–Crippen LogP) is 3.73. The van der Waals surface area contributed by atoms with E-state index in [0.29, 0.717) is 12.5 Å². The third-order valence-electron chi connectivity index (χ3n) is 3.36. The minimum Gasteiger partial charge on any atom is -0.349 e. The van der Waals surface area contributed by atoms with Crippen LogP contribution in [0.5, 0.6) is 0 Å². The molecule has 0 saturated heterocycles.